The monoisotopic (exact) mass is 307 g/mol. The van der Waals surface area contributed by atoms with E-state index in [0.717, 1.165) is 10.7 Å². The zero-order valence-corrected chi connectivity index (χ0v) is 10.2. The summed E-state index contributed by atoms with van der Waals surface area (Å²) < 4.78 is 0. The molecule has 2 nitrogen and oxygen atoms in total. The molecule has 0 spiro atoms. The predicted molar refractivity (Wildman–Crippen MR) is 62.0 cm³/mol. The Balaban J connectivity index is 0.000000424. The van der Waals surface area contributed by atoms with Crippen molar-refractivity contribution in [2.24, 2.45) is 5.73 Å². The van der Waals surface area contributed by atoms with Crippen molar-refractivity contribution in [1.82, 2.24) is 0 Å². The Labute approximate surface area is 94.8 Å². The fourth-order valence-electron chi connectivity index (χ4n) is 0.717. The van der Waals surface area contributed by atoms with Gasteiger partial charge in [0, 0.05) is 10.7 Å². The van der Waals surface area contributed by atoms with Crippen molar-refractivity contribution in [3.63, 3.8) is 0 Å². The van der Waals surface area contributed by atoms with Gasteiger partial charge in [0.05, 0.1) is 0 Å². The third-order valence-corrected chi connectivity index (χ3v) is 2.63. The van der Waals surface area contributed by atoms with Gasteiger partial charge in [-0.05, 0) is 11.1 Å². The van der Waals surface area contributed by atoms with Crippen LogP contribution < -0.4 is 5.73 Å². The lowest BCUT2D eigenvalue weighted by Crippen LogP contribution is -1.82. The van der Waals surface area contributed by atoms with Gasteiger partial charge in [-0.2, -0.15) is 0 Å². The van der Waals surface area contributed by atoms with Crippen LogP contribution in [0.2, 0.25) is 0 Å². The van der Waals surface area contributed by atoms with Crippen molar-refractivity contribution in [2.45, 2.75) is 10.7 Å². The average Bonchev–Trinajstić information content (AvgIpc) is 2.19. The van der Waals surface area contributed by atoms with E-state index in [1.807, 2.05) is 0 Å². The number of hydrogen-bond acceptors (Lipinski definition) is 1. The number of primary amides is 1. The van der Waals surface area contributed by atoms with Crippen molar-refractivity contribution in [3.8, 4) is 0 Å². The van der Waals surface area contributed by atoms with Crippen molar-refractivity contribution < 1.29 is 4.79 Å². The van der Waals surface area contributed by atoms with E-state index in [0.29, 0.717) is 0 Å². The van der Waals surface area contributed by atoms with E-state index < -0.39 is 0 Å². The average molecular weight is 309 g/mol. The summed E-state index contributed by atoms with van der Waals surface area (Å²) in [6.45, 7) is 0. The van der Waals surface area contributed by atoms with Crippen LogP contribution in [0.1, 0.15) is 11.1 Å². The quantitative estimate of drug-likeness (QED) is 0.662. The number of alkyl halides is 2. The molecule has 0 aliphatic carbocycles. The second-order valence-corrected chi connectivity index (χ2v) is 3.34. The van der Waals surface area contributed by atoms with Crippen LogP contribution in [0.15, 0.2) is 24.3 Å². The van der Waals surface area contributed by atoms with Crippen molar-refractivity contribution in [3.05, 3.63) is 35.4 Å². The van der Waals surface area contributed by atoms with Crippen LogP contribution >= 0.6 is 31.9 Å². The van der Waals surface area contributed by atoms with Gasteiger partial charge in [0.15, 0.2) is 0 Å². The minimum atomic E-state index is 0.250. The highest BCUT2D eigenvalue weighted by Gasteiger charge is 1.89. The molecule has 1 rings (SSSR count). The summed E-state index contributed by atoms with van der Waals surface area (Å²) in [6, 6.07) is 8.52. The van der Waals surface area contributed by atoms with Gasteiger partial charge in [0.25, 0.3) is 0 Å². The second-order valence-electron chi connectivity index (χ2n) is 2.22. The molecule has 1 aromatic rings. The molecule has 0 saturated heterocycles. The number of nitrogens with two attached hydrogens (primary N) is 1. The third-order valence-electron chi connectivity index (χ3n) is 1.33. The van der Waals surface area contributed by atoms with Gasteiger partial charge in [-0.1, -0.05) is 56.1 Å². The van der Waals surface area contributed by atoms with Gasteiger partial charge < -0.3 is 5.73 Å². The first-order valence-corrected chi connectivity index (χ1v) is 5.87. The standard InChI is InChI=1S/C8H8Br2.CH3NO/c9-5-7-1-2-8(6-10)4-3-7;2-1-3/h1-4H,5-6H2;1H,(H2,2,3). The molecule has 1 aromatic carbocycles. The van der Waals surface area contributed by atoms with Gasteiger partial charge in [-0.15, -0.1) is 0 Å². The summed E-state index contributed by atoms with van der Waals surface area (Å²) in [5.74, 6) is 0. The number of amides is 1. The highest BCUT2D eigenvalue weighted by atomic mass is 79.9. The number of carbonyl (C=O) groups is 1. The number of benzene rings is 1. The molecule has 0 atom stereocenters. The van der Waals surface area contributed by atoms with E-state index in [1.165, 1.54) is 11.1 Å². The molecule has 0 unspecified atom stereocenters. The maximum atomic E-state index is 8.58. The van der Waals surface area contributed by atoms with Gasteiger partial charge in [0.2, 0.25) is 6.41 Å². The maximum absolute atomic E-state index is 8.58. The Kier molecular flexibility index (Phi) is 8.04. The molecule has 13 heavy (non-hydrogen) atoms. The lowest BCUT2D eigenvalue weighted by Gasteiger charge is -1.96. The van der Waals surface area contributed by atoms with Crippen LogP contribution in [0, 0.1) is 0 Å². The normalized spacial score (nSPS) is 8.46. The van der Waals surface area contributed by atoms with Gasteiger partial charge in [-0.25, -0.2) is 0 Å². The molecule has 0 heterocycles. The fourth-order valence-corrected chi connectivity index (χ4v) is 1.47. The van der Waals surface area contributed by atoms with E-state index in [9.17, 15) is 0 Å². The minimum Gasteiger partial charge on any atom is -0.372 e. The molecule has 72 valence electrons. The first kappa shape index (κ1) is 12.7. The van der Waals surface area contributed by atoms with E-state index in [-0.39, 0.29) is 6.41 Å². The molecule has 0 bridgehead atoms. The molecular formula is C9H11Br2NO. The molecule has 0 aliphatic rings. The number of halogens is 2. The van der Waals surface area contributed by atoms with E-state index in [1.54, 1.807) is 0 Å². The second kappa shape index (κ2) is 8.26. The van der Waals surface area contributed by atoms with E-state index in [4.69, 9.17) is 4.79 Å². The molecule has 0 fully saturated rings. The van der Waals surface area contributed by atoms with Crippen LogP contribution in [0.25, 0.3) is 0 Å². The van der Waals surface area contributed by atoms with Crippen LogP contribution in [0.3, 0.4) is 0 Å². The topological polar surface area (TPSA) is 43.1 Å². The highest BCUT2D eigenvalue weighted by molar-refractivity contribution is 9.08. The molecule has 0 aromatic heterocycles. The Morgan fingerprint density at radius 1 is 1.08 bits per heavy atom. The zero-order chi connectivity index (χ0) is 10.1. The SMILES string of the molecule is BrCc1ccc(CBr)cc1.NC=O. The highest BCUT2D eigenvalue weighted by Crippen LogP contribution is 2.09. The molecule has 0 saturated carbocycles. The van der Waals surface area contributed by atoms with Gasteiger partial charge in [-0.3, -0.25) is 4.79 Å². The third kappa shape index (κ3) is 5.82. The summed E-state index contributed by atoms with van der Waals surface area (Å²) in [4.78, 5) is 8.58. The molecular weight excluding hydrogens is 298 g/mol. The molecule has 1 amide bonds. The van der Waals surface area contributed by atoms with Crippen LogP contribution in [-0.2, 0) is 15.5 Å². The van der Waals surface area contributed by atoms with Gasteiger partial charge >= 0.3 is 0 Å². The molecule has 4 heteroatoms. The molecule has 0 radical (unpaired) electrons. The van der Waals surface area contributed by atoms with Crippen LogP contribution in [0.5, 0.6) is 0 Å². The van der Waals surface area contributed by atoms with Crippen molar-refractivity contribution in [1.29, 1.82) is 0 Å². The number of hydrogen-bond donors (Lipinski definition) is 1. The first-order valence-electron chi connectivity index (χ1n) is 3.63. The summed E-state index contributed by atoms with van der Waals surface area (Å²) in [5.41, 5.74) is 6.81. The van der Waals surface area contributed by atoms with Crippen molar-refractivity contribution >= 4 is 38.3 Å². The summed E-state index contributed by atoms with van der Waals surface area (Å²) >= 11 is 6.78. The first-order chi connectivity index (χ1) is 6.28. The minimum absolute atomic E-state index is 0.250. The summed E-state index contributed by atoms with van der Waals surface area (Å²) in [6.07, 6.45) is 0.250. The lowest BCUT2D eigenvalue weighted by molar-refractivity contribution is -0.106. The Morgan fingerprint density at radius 3 is 1.46 bits per heavy atom. The lowest BCUT2D eigenvalue weighted by atomic mass is 10.2. The summed E-state index contributed by atoms with van der Waals surface area (Å²) in [7, 11) is 0. The molecule has 2 N–H and O–H groups in total. The van der Waals surface area contributed by atoms with Crippen LogP contribution in [0.4, 0.5) is 0 Å². The fraction of sp³-hybridized carbons (Fsp3) is 0.222. The van der Waals surface area contributed by atoms with E-state index in [2.05, 4.69) is 61.9 Å². The smallest absolute Gasteiger partial charge is 0.204 e. The Hall–Kier alpha value is -0.350. The van der Waals surface area contributed by atoms with Crippen molar-refractivity contribution in [2.75, 3.05) is 0 Å². The predicted octanol–water partition coefficient (Wildman–Crippen LogP) is 2.58. The number of carbonyl (C=O) groups excluding carboxylic acids is 1. The molecule has 0 aliphatic heterocycles. The maximum Gasteiger partial charge on any atom is 0.204 e. The van der Waals surface area contributed by atoms with Gasteiger partial charge in [0.1, 0.15) is 0 Å². The Bertz CT molecular complexity index is 213. The largest absolute Gasteiger partial charge is 0.372 e. The number of rotatable bonds is 2. The Morgan fingerprint density at radius 2 is 1.31 bits per heavy atom. The van der Waals surface area contributed by atoms with Crippen LogP contribution in [-0.4, -0.2) is 6.41 Å². The summed E-state index contributed by atoms with van der Waals surface area (Å²) in [5, 5.41) is 1.88. The zero-order valence-electron chi connectivity index (χ0n) is 7.04. The van der Waals surface area contributed by atoms with E-state index >= 15 is 0 Å².